The van der Waals surface area contributed by atoms with Crippen LogP contribution < -0.4 is 0 Å². The van der Waals surface area contributed by atoms with Crippen LogP contribution in [0, 0.1) is 0 Å². The first kappa shape index (κ1) is 20.0. The van der Waals surface area contributed by atoms with Gasteiger partial charge in [-0.2, -0.15) is 18.3 Å². The number of fused-ring (bicyclic) bond motifs is 4. The number of piperidine rings is 1. The number of likely N-dealkylation sites (tertiary alicyclic amines) is 1. The summed E-state index contributed by atoms with van der Waals surface area (Å²) in [4.78, 5) is 19.5. The van der Waals surface area contributed by atoms with Gasteiger partial charge in [0.2, 0.25) is 0 Å². The number of carbonyl (C=O) groups is 1. The molecule has 2 aliphatic rings. The number of rotatable bonds is 1. The van der Waals surface area contributed by atoms with E-state index < -0.39 is 11.9 Å². The van der Waals surface area contributed by atoms with Gasteiger partial charge in [-0.1, -0.05) is 24.3 Å². The van der Waals surface area contributed by atoms with Crippen molar-refractivity contribution in [2.75, 3.05) is 0 Å². The molecule has 162 valence electrons. The van der Waals surface area contributed by atoms with Crippen molar-refractivity contribution in [3.63, 3.8) is 0 Å². The summed E-state index contributed by atoms with van der Waals surface area (Å²) < 4.78 is 43.4. The first-order valence-corrected chi connectivity index (χ1v) is 10.7. The maximum absolute atomic E-state index is 14.2. The molecule has 2 unspecified atom stereocenters. The molecule has 3 heterocycles. The zero-order valence-electron chi connectivity index (χ0n) is 17.4. The van der Waals surface area contributed by atoms with Gasteiger partial charge in [-0.15, -0.1) is 0 Å². The molecule has 2 aromatic heterocycles. The standard InChI is InChI=1S/C23H23F3N4O/c1-13-6-5-7-14(2)29(13)22(31)18-12-19-27-20-16-9-4-3-8-15(16)10-11-17(20)21(23(24,25)26)30(19)28-18/h3-4,8-9,12-14H,5-7,10-11H2,1-2H3. The molecule has 0 saturated carbocycles. The Labute approximate surface area is 177 Å². The Hall–Kier alpha value is -2.90. The molecule has 0 N–H and O–H groups in total. The number of carbonyl (C=O) groups excluding carboxylic acids is 1. The smallest absolute Gasteiger partial charge is 0.332 e. The second kappa shape index (κ2) is 7.07. The van der Waals surface area contributed by atoms with E-state index in [0.29, 0.717) is 17.7 Å². The third kappa shape index (κ3) is 3.20. The highest BCUT2D eigenvalue weighted by atomic mass is 19.4. The molecule has 1 fully saturated rings. The summed E-state index contributed by atoms with van der Waals surface area (Å²) in [6.45, 7) is 3.94. The predicted molar refractivity (Wildman–Crippen MR) is 110 cm³/mol. The number of aromatic nitrogens is 3. The quantitative estimate of drug-likeness (QED) is 0.553. The van der Waals surface area contributed by atoms with Gasteiger partial charge in [-0.3, -0.25) is 4.79 Å². The van der Waals surface area contributed by atoms with Crippen LogP contribution in [0.15, 0.2) is 30.3 Å². The van der Waals surface area contributed by atoms with E-state index >= 15 is 0 Å². The molecule has 5 rings (SSSR count). The molecule has 1 amide bonds. The van der Waals surface area contributed by atoms with E-state index in [1.165, 1.54) is 6.07 Å². The monoisotopic (exact) mass is 428 g/mol. The Bertz CT molecular complexity index is 1170. The van der Waals surface area contributed by atoms with Crippen LogP contribution in [-0.4, -0.2) is 37.5 Å². The molecule has 1 saturated heterocycles. The molecular weight excluding hydrogens is 405 g/mol. The average Bonchev–Trinajstić information content (AvgIpc) is 3.14. The van der Waals surface area contributed by atoms with E-state index in [9.17, 15) is 18.0 Å². The van der Waals surface area contributed by atoms with E-state index in [1.54, 1.807) is 17.0 Å². The molecule has 0 bridgehead atoms. The molecule has 1 aliphatic heterocycles. The molecule has 2 atom stereocenters. The van der Waals surface area contributed by atoms with E-state index in [4.69, 9.17) is 0 Å². The lowest BCUT2D eigenvalue weighted by molar-refractivity contribution is -0.143. The normalized spacial score (nSPS) is 21.1. The fourth-order valence-electron chi connectivity index (χ4n) is 5.08. The highest BCUT2D eigenvalue weighted by molar-refractivity contribution is 5.94. The van der Waals surface area contributed by atoms with Crippen LogP contribution in [0.1, 0.15) is 60.4 Å². The number of hydrogen-bond acceptors (Lipinski definition) is 3. The summed E-state index contributed by atoms with van der Waals surface area (Å²) in [5.41, 5.74) is 1.38. The average molecular weight is 428 g/mol. The topological polar surface area (TPSA) is 50.5 Å². The first-order valence-electron chi connectivity index (χ1n) is 10.7. The highest BCUT2D eigenvalue weighted by Crippen LogP contribution is 2.40. The minimum Gasteiger partial charge on any atom is -0.332 e. The lowest BCUT2D eigenvalue weighted by atomic mass is 9.88. The molecule has 8 heteroatoms. The fourth-order valence-corrected chi connectivity index (χ4v) is 5.08. The SMILES string of the molecule is CC1CCCC(C)N1C(=O)c1cc2nc3c(c(C(F)(F)F)n2n1)CCc1ccccc1-3. The van der Waals surface area contributed by atoms with Crippen LogP contribution in [-0.2, 0) is 19.0 Å². The number of halogens is 3. The molecule has 31 heavy (non-hydrogen) atoms. The van der Waals surface area contributed by atoms with Crippen molar-refractivity contribution in [3.8, 4) is 11.3 Å². The fraction of sp³-hybridized carbons (Fsp3) is 0.435. The van der Waals surface area contributed by atoms with E-state index in [2.05, 4.69) is 10.1 Å². The second-order valence-corrected chi connectivity index (χ2v) is 8.58. The molecule has 0 radical (unpaired) electrons. The minimum absolute atomic E-state index is 0.00855. The van der Waals surface area contributed by atoms with Crippen LogP contribution in [0.3, 0.4) is 0 Å². The van der Waals surface area contributed by atoms with Gasteiger partial charge in [0, 0.05) is 29.3 Å². The number of hydrogen-bond donors (Lipinski definition) is 0. The van der Waals surface area contributed by atoms with Gasteiger partial charge < -0.3 is 4.90 Å². The molecule has 1 aliphatic carbocycles. The zero-order valence-corrected chi connectivity index (χ0v) is 17.4. The minimum atomic E-state index is -4.62. The Kier molecular flexibility index (Phi) is 4.57. The van der Waals surface area contributed by atoms with E-state index in [-0.39, 0.29) is 41.3 Å². The largest absolute Gasteiger partial charge is 0.433 e. The van der Waals surface area contributed by atoms with Gasteiger partial charge in [0.25, 0.3) is 5.91 Å². The van der Waals surface area contributed by atoms with Gasteiger partial charge in [-0.25, -0.2) is 9.50 Å². The molecular formula is C23H23F3N4O. The van der Waals surface area contributed by atoms with Crippen molar-refractivity contribution in [2.45, 2.75) is 64.2 Å². The van der Waals surface area contributed by atoms with Gasteiger partial charge in [0.05, 0.1) is 5.69 Å². The molecule has 5 nitrogen and oxygen atoms in total. The van der Waals surface area contributed by atoms with Gasteiger partial charge in [0.15, 0.2) is 17.0 Å². The Balaban J connectivity index is 1.70. The van der Waals surface area contributed by atoms with Crippen molar-refractivity contribution in [1.82, 2.24) is 19.5 Å². The van der Waals surface area contributed by atoms with Gasteiger partial charge in [0.1, 0.15) is 0 Å². The summed E-state index contributed by atoms with van der Waals surface area (Å²) in [5, 5.41) is 4.13. The Morgan fingerprint density at radius 2 is 1.81 bits per heavy atom. The maximum atomic E-state index is 14.2. The molecule has 3 aromatic rings. The van der Waals surface area contributed by atoms with Crippen molar-refractivity contribution in [2.24, 2.45) is 0 Å². The number of benzene rings is 1. The Morgan fingerprint density at radius 1 is 1.10 bits per heavy atom. The summed E-state index contributed by atoms with van der Waals surface area (Å²) in [7, 11) is 0. The zero-order chi connectivity index (χ0) is 21.9. The third-order valence-corrected chi connectivity index (χ3v) is 6.53. The number of alkyl halides is 3. The predicted octanol–water partition coefficient (Wildman–Crippen LogP) is 4.92. The Morgan fingerprint density at radius 3 is 2.52 bits per heavy atom. The van der Waals surface area contributed by atoms with Crippen LogP contribution in [0.4, 0.5) is 13.2 Å². The van der Waals surface area contributed by atoms with Crippen molar-refractivity contribution < 1.29 is 18.0 Å². The lowest BCUT2D eigenvalue weighted by Crippen LogP contribution is -2.47. The van der Waals surface area contributed by atoms with Crippen LogP contribution >= 0.6 is 0 Å². The van der Waals surface area contributed by atoms with Crippen molar-refractivity contribution in [1.29, 1.82) is 0 Å². The van der Waals surface area contributed by atoms with Gasteiger partial charge in [-0.05, 0) is 51.5 Å². The highest BCUT2D eigenvalue weighted by Gasteiger charge is 2.41. The van der Waals surface area contributed by atoms with E-state index in [1.807, 2.05) is 26.0 Å². The summed E-state index contributed by atoms with van der Waals surface area (Å²) in [6, 6.07) is 8.84. The third-order valence-electron chi connectivity index (χ3n) is 6.53. The van der Waals surface area contributed by atoms with Crippen LogP contribution in [0.25, 0.3) is 16.9 Å². The number of nitrogens with zero attached hydrogens (tertiary/aromatic N) is 4. The summed E-state index contributed by atoms with van der Waals surface area (Å²) in [5.74, 6) is -0.336. The van der Waals surface area contributed by atoms with Crippen molar-refractivity contribution >= 4 is 11.6 Å². The van der Waals surface area contributed by atoms with Crippen LogP contribution in [0.2, 0.25) is 0 Å². The molecule has 1 aromatic carbocycles. The van der Waals surface area contributed by atoms with E-state index in [0.717, 1.165) is 29.3 Å². The number of aryl methyl sites for hydroxylation is 1. The van der Waals surface area contributed by atoms with Crippen molar-refractivity contribution in [3.05, 3.63) is 52.8 Å². The lowest BCUT2D eigenvalue weighted by Gasteiger charge is -2.38. The second-order valence-electron chi connectivity index (χ2n) is 8.58. The first-order chi connectivity index (χ1) is 14.8. The van der Waals surface area contributed by atoms with Crippen LogP contribution in [0.5, 0.6) is 0 Å². The summed E-state index contributed by atoms with van der Waals surface area (Å²) in [6.07, 6.45) is -1.09. The summed E-state index contributed by atoms with van der Waals surface area (Å²) >= 11 is 0. The maximum Gasteiger partial charge on any atom is 0.433 e. The molecule has 0 spiro atoms. The number of amides is 1. The van der Waals surface area contributed by atoms with Gasteiger partial charge >= 0.3 is 6.18 Å².